The average molecular weight is 245 g/mol. The van der Waals surface area contributed by atoms with E-state index in [2.05, 4.69) is 18.8 Å². The Morgan fingerprint density at radius 3 is 2.81 bits per heavy atom. The lowest BCUT2D eigenvalue weighted by molar-refractivity contribution is 0.423. The number of rotatable bonds is 7. The lowest BCUT2D eigenvalue weighted by atomic mass is 10.1. The number of sulfone groups is 1. The highest BCUT2D eigenvalue weighted by Gasteiger charge is 2.27. The van der Waals surface area contributed by atoms with E-state index >= 15 is 0 Å². The Labute approximate surface area is 99.2 Å². The van der Waals surface area contributed by atoms with Crippen LogP contribution in [-0.2, 0) is 9.84 Å². The molecule has 2 unspecified atom stereocenters. The normalized spacial score (nSPS) is 25.4. The molecule has 1 N–H and O–H groups in total. The number of hydrogen-bond acceptors (Lipinski definition) is 3. The second-order valence-corrected chi connectivity index (χ2v) is 6.88. The molecule has 16 heavy (non-hydrogen) atoms. The molecule has 1 fully saturated rings. The van der Waals surface area contributed by atoms with Crippen molar-refractivity contribution in [1.82, 2.24) is 5.32 Å². The van der Waals surface area contributed by atoms with Crippen molar-refractivity contribution in [2.45, 2.75) is 38.6 Å². The summed E-state index contributed by atoms with van der Waals surface area (Å²) in [5.41, 5.74) is 0. The van der Waals surface area contributed by atoms with E-state index in [4.69, 9.17) is 0 Å². The highest BCUT2D eigenvalue weighted by molar-refractivity contribution is 7.91. The molecular weight excluding hydrogens is 222 g/mol. The molecule has 3 nitrogen and oxygen atoms in total. The van der Waals surface area contributed by atoms with Crippen molar-refractivity contribution in [2.24, 2.45) is 5.92 Å². The first-order chi connectivity index (χ1) is 7.57. The molecule has 1 saturated heterocycles. The summed E-state index contributed by atoms with van der Waals surface area (Å²) >= 11 is 0. The summed E-state index contributed by atoms with van der Waals surface area (Å²) in [7, 11) is -2.72. The van der Waals surface area contributed by atoms with Crippen LogP contribution in [0.3, 0.4) is 0 Å². The van der Waals surface area contributed by atoms with Gasteiger partial charge in [-0.05, 0) is 38.1 Å². The first kappa shape index (κ1) is 13.7. The second-order valence-electron chi connectivity index (χ2n) is 4.65. The maximum atomic E-state index is 11.3. The average Bonchev–Trinajstić information content (AvgIpc) is 2.59. The Morgan fingerprint density at radius 2 is 2.31 bits per heavy atom. The minimum atomic E-state index is -2.72. The summed E-state index contributed by atoms with van der Waals surface area (Å²) in [5, 5.41) is 3.47. The molecule has 2 atom stereocenters. The molecule has 0 bridgehead atoms. The minimum Gasteiger partial charge on any atom is -0.314 e. The van der Waals surface area contributed by atoms with Gasteiger partial charge in [0.1, 0.15) is 0 Å². The molecule has 1 heterocycles. The number of nitrogens with one attached hydrogen (secondary N) is 1. The Kier molecular flexibility index (Phi) is 5.49. The van der Waals surface area contributed by atoms with Gasteiger partial charge >= 0.3 is 0 Å². The SMILES string of the molecule is C=CCCC(CC)NCC1CCS(=O)(=O)C1. The van der Waals surface area contributed by atoms with Crippen molar-refractivity contribution in [3.05, 3.63) is 12.7 Å². The molecule has 0 spiro atoms. The maximum Gasteiger partial charge on any atom is 0.150 e. The van der Waals surface area contributed by atoms with Gasteiger partial charge in [0.05, 0.1) is 11.5 Å². The van der Waals surface area contributed by atoms with Crippen molar-refractivity contribution >= 4 is 9.84 Å². The smallest absolute Gasteiger partial charge is 0.150 e. The van der Waals surface area contributed by atoms with Gasteiger partial charge in [0.25, 0.3) is 0 Å². The van der Waals surface area contributed by atoms with Crippen LogP contribution in [0.25, 0.3) is 0 Å². The predicted octanol–water partition coefficient (Wildman–Crippen LogP) is 1.76. The molecule has 0 amide bonds. The molecule has 0 radical (unpaired) electrons. The van der Waals surface area contributed by atoms with E-state index < -0.39 is 9.84 Å². The van der Waals surface area contributed by atoms with Crippen LogP contribution in [0.15, 0.2) is 12.7 Å². The summed E-state index contributed by atoms with van der Waals surface area (Å²) in [5.74, 6) is 1.07. The van der Waals surface area contributed by atoms with Crippen LogP contribution in [0, 0.1) is 5.92 Å². The lowest BCUT2D eigenvalue weighted by Crippen LogP contribution is -2.33. The summed E-state index contributed by atoms with van der Waals surface area (Å²) in [6.45, 7) is 6.72. The van der Waals surface area contributed by atoms with Crippen LogP contribution in [-0.4, -0.2) is 32.5 Å². The van der Waals surface area contributed by atoms with E-state index in [0.29, 0.717) is 23.5 Å². The zero-order valence-electron chi connectivity index (χ0n) is 10.1. The highest BCUT2D eigenvalue weighted by Crippen LogP contribution is 2.17. The third-order valence-corrected chi connectivity index (χ3v) is 5.07. The summed E-state index contributed by atoms with van der Waals surface area (Å²) in [6.07, 6.45) is 5.97. The molecular formula is C12H23NO2S. The van der Waals surface area contributed by atoms with Gasteiger partial charge in [-0.15, -0.1) is 6.58 Å². The Morgan fingerprint density at radius 1 is 1.56 bits per heavy atom. The van der Waals surface area contributed by atoms with Gasteiger partial charge in [0.2, 0.25) is 0 Å². The minimum absolute atomic E-state index is 0.322. The van der Waals surface area contributed by atoms with Crippen molar-refractivity contribution in [2.75, 3.05) is 18.1 Å². The summed E-state index contributed by atoms with van der Waals surface area (Å²) in [4.78, 5) is 0. The van der Waals surface area contributed by atoms with Gasteiger partial charge < -0.3 is 5.32 Å². The van der Waals surface area contributed by atoms with Crippen LogP contribution in [0.2, 0.25) is 0 Å². The van der Waals surface area contributed by atoms with E-state index in [0.717, 1.165) is 32.2 Å². The molecule has 0 saturated carbocycles. The molecule has 0 aromatic carbocycles. The van der Waals surface area contributed by atoms with Crippen LogP contribution in [0.5, 0.6) is 0 Å². The van der Waals surface area contributed by atoms with Gasteiger partial charge in [-0.2, -0.15) is 0 Å². The largest absolute Gasteiger partial charge is 0.314 e. The van der Waals surface area contributed by atoms with Crippen LogP contribution in [0.4, 0.5) is 0 Å². The fourth-order valence-corrected chi connectivity index (χ4v) is 4.00. The highest BCUT2D eigenvalue weighted by atomic mass is 32.2. The molecule has 1 aliphatic rings. The Bertz CT molecular complexity index is 311. The van der Waals surface area contributed by atoms with E-state index in [1.807, 2.05) is 6.08 Å². The standard InChI is InChI=1S/C12H23NO2S/c1-3-5-6-12(4-2)13-9-11-7-8-16(14,15)10-11/h3,11-13H,1,4-10H2,2H3. The second kappa shape index (κ2) is 6.40. The molecule has 0 aromatic heterocycles. The monoisotopic (exact) mass is 245 g/mol. The topological polar surface area (TPSA) is 46.2 Å². The van der Waals surface area contributed by atoms with Gasteiger partial charge in [0, 0.05) is 6.04 Å². The lowest BCUT2D eigenvalue weighted by Gasteiger charge is -2.18. The van der Waals surface area contributed by atoms with E-state index in [1.54, 1.807) is 0 Å². The van der Waals surface area contributed by atoms with Crippen LogP contribution < -0.4 is 5.32 Å². The quantitative estimate of drug-likeness (QED) is 0.695. The van der Waals surface area contributed by atoms with Gasteiger partial charge in [-0.25, -0.2) is 8.42 Å². The molecule has 94 valence electrons. The van der Waals surface area contributed by atoms with E-state index in [-0.39, 0.29) is 0 Å². The van der Waals surface area contributed by atoms with E-state index in [1.165, 1.54) is 0 Å². The Hall–Kier alpha value is -0.350. The molecule has 1 rings (SSSR count). The van der Waals surface area contributed by atoms with Crippen LogP contribution in [0.1, 0.15) is 32.6 Å². The third-order valence-electron chi connectivity index (χ3n) is 3.23. The fourth-order valence-electron chi connectivity index (χ4n) is 2.14. The predicted molar refractivity (Wildman–Crippen MR) is 68.3 cm³/mol. The van der Waals surface area contributed by atoms with Crippen LogP contribution >= 0.6 is 0 Å². The van der Waals surface area contributed by atoms with Gasteiger partial charge in [-0.1, -0.05) is 13.0 Å². The number of allylic oxidation sites excluding steroid dienone is 1. The fraction of sp³-hybridized carbons (Fsp3) is 0.833. The first-order valence-electron chi connectivity index (χ1n) is 6.12. The van der Waals surface area contributed by atoms with Crippen molar-refractivity contribution < 1.29 is 8.42 Å². The summed E-state index contributed by atoms with van der Waals surface area (Å²) in [6, 6.07) is 0.501. The first-order valence-corrected chi connectivity index (χ1v) is 7.94. The van der Waals surface area contributed by atoms with Crippen molar-refractivity contribution in [3.8, 4) is 0 Å². The molecule has 0 aliphatic carbocycles. The van der Waals surface area contributed by atoms with E-state index in [9.17, 15) is 8.42 Å². The summed E-state index contributed by atoms with van der Waals surface area (Å²) < 4.78 is 22.6. The maximum absolute atomic E-state index is 11.3. The zero-order valence-corrected chi connectivity index (χ0v) is 10.9. The van der Waals surface area contributed by atoms with Gasteiger partial charge in [-0.3, -0.25) is 0 Å². The molecule has 4 heteroatoms. The number of hydrogen-bond donors (Lipinski definition) is 1. The van der Waals surface area contributed by atoms with Crippen molar-refractivity contribution in [3.63, 3.8) is 0 Å². The molecule has 1 aliphatic heterocycles. The third kappa shape index (κ3) is 4.66. The molecule has 0 aromatic rings. The van der Waals surface area contributed by atoms with Gasteiger partial charge in [0.15, 0.2) is 9.84 Å². The zero-order chi connectivity index (χ0) is 12.0. The Balaban J connectivity index is 2.25. The van der Waals surface area contributed by atoms with Crippen molar-refractivity contribution in [1.29, 1.82) is 0 Å².